The van der Waals surface area contributed by atoms with Gasteiger partial charge in [-0.3, -0.25) is 4.79 Å². The lowest BCUT2D eigenvalue weighted by Gasteiger charge is -2.05. The number of para-hydroxylation sites is 1. The molecule has 1 aromatic carbocycles. The van der Waals surface area contributed by atoms with E-state index in [9.17, 15) is 10.1 Å². The molecule has 1 amide bonds. The van der Waals surface area contributed by atoms with Crippen LogP contribution in [0.25, 0.3) is 5.69 Å². The van der Waals surface area contributed by atoms with Crippen LogP contribution in [0.3, 0.4) is 0 Å². The van der Waals surface area contributed by atoms with E-state index in [1.54, 1.807) is 16.0 Å². The number of hydrogen-bond donors (Lipinski definition) is 1. The lowest BCUT2D eigenvalue weighted by molar-refractivity contribution is -0.113. The number of rotatable bonds is 5. The number of carbonyl (C=O) groups is 1. The van der Waals surface area contributed by atoms with Crippen molar-refractivity contribution in [2.45, 2.75) is 37.3 Å². The molecule has 4 rings (SSSR count). The van der Waals surface area contributed by atoms with Gasteiger partial charge in [-0.05, 0) is 53.8 Å². The Hall–Kier alpha value is -2.70. The van der Waals surface area contributed by atoms with Crippen molar-refractivity contribution in [3.05, 3.63) is 46.3 Å². The maximum absolute atomic E-state index is 12.5. The summed E-state index contributed by atoms with van der Waals surface area (Å²) in [7, 11) is 0. The maximum Gasteiger partial charge on any atom is 0.235 e. The largest absolute Gasteiger partial charge is 0.316 e. The molecule has 3 aromatic rings. The minimum absolute atomic E-state index is 0.166. The standard InChI is InChI=1S/C19H18N6OS2/c20-11-15-14-9-5-2-6-10-16(14)28-18(15)21-17(26)12-27-19-22-23-24-25(19)13-7-3-1-4-8-13/h1,3-4,7-8H,2,5-6,9-10,12H2,(H,21,26). The molecule has 9 heteroatoms. The molecular formula is C19H18N6OS2. The van der Waals surface area contributed by atoms with Crippen LogP contribution in [0.2, 0.25) is 0 Å². The average molecular weight is 411 g/mol. The first kappa shape index (κ1) is 18.7. The van der Waals surface area contributed by atoms with E-state index in [0.29, 0.717) is 15.7 Å². The van der Waals surface area contributed by atoms with Gasteiger partial charge in [0, 0.05) is 4.88 Å². The Bertz CT molecular complexity index is 1020. The predicted molar refractivity (Wildman–Crippen MR) is 109 cm³/mol. The van der Waals surface area contributed by atoms with Crippen molar-refractivity contribution in [2.24, 2.45) is 0 Å². The van der Waals surface area contributed by atoms with Crippen molar-refractivity contribution in [2.75, 3.05) is 11.1 Å². The van der Waals surface area contributed by atoms with Crippen LogP contribution in [0.1, 0.15) is 35.3 Å². The lowest BCUT2D eigenvalue weighted by atomic mass is 10.1. The molecule has 2 aromatic heterocycles. The molecule has 0 atom stereocenters. The van der Waals surface area contributed by atoms with Crippen molar-refractivity contribution >= 4 is 34.0 Å². The second kappa shape index (κ2) is 8.54. The van der Waals surface area contributed by atoms with Gasteiger partial charge in [0.25, 0.3) is 0 Å². The van der Waals surface area contributed by atoms with Crippen LogP contribution in [-0.4, -0.2) is 31.9 Å². The molecule has 28 heavy (non-hydrogen) atoms. The highest BCUT2D eigenvalue weighted by molar-refractivity contribution is 7.99. The number of tetrazole rings is 1. The molecule has 0 unspecified atom stereocenters. The Morgan fingerprint density at radius 3 is 2.89 bits per heavy atom. The van der Waals surface area contributed by atoms with Gasteiger partial charge in [0.1, 0.15) is 11.1 Å². The van der Waals surface area contributed by atoms with E-state index in [4.69, 9.17) is 0 Å². The number of benzene rings is 1. The minimum Gasteiger partial charge on any atom is -0.316 e. The molecule has 0 saturated carbocycles. The summed E-state index contributed by atoms with van der Waals surface area (Å²) in [5.74, 6) is 0.00112. The number of nitrogens with one attached hydrogen (secondary N) is 1. The summed E-state index contributed by atoms with van der Waals surface area (Å²) < 4.78 is 1.60. The highest BCUT2D eigenvalue weighted by atomic mass is 32.2. The number of carbonyl (C=O) groups excluding carboxylic acids is 1. The van der Waals surface area contributed by atoms with E-state index in [1.807, 2.05) is 30.3 Å². The van der Waals surface area contributed by atoms with E-state index in [2.05, 4.69) is 26.9 Å². The summed E-state index contributed by atoms with van der Waals surface area (Å²) in [6.45, 7) is 0. The molecule has 0 spiro atoms. The molecular weight excluding hydrogens is 392 g/mol. The second-order valence-corrected chi connectivity index (χ2v) is 8.47. The number of aromatic nitrogens is 4. The van der Waals surface area contributed by atoms with Gasteiger partial charge < -0.3 is 5.32 Å². The zero-order chi connectivity index (χ0) is 19.3. The van der Waals surface area contributed by atoms with Crippen molar-refractivity contribution in [3.8, 4) is 11.8 Å². The van der Waals surface area contributed by atoms with Gasteiger partial charge in [-0.15, -0.1) is 16.4 Å². The van der Waals surface area contributed by atoms with E-state index < -0.39 is 0 Å². The highest BCUT2D eigenvalue weighted by Crippen LogP contribution is 2.37. The van der Waals surface area contributed by atoms with Gasteiger partial charge in [-0.2, -0.15) is 9.94 Å². The van der Waals surface area contributed by atoms with Crippen LogP contribution in [0.5, 0.6) is 0 Å². The Labute approximate surface area is 170 Å². The fourth-order valence-corrected chi connectivity index (χ4v) is 5.19. The summed E-state index contributed by atoms with van der Waals surface area (Å²) in [6.07, 6.45) is 5.35. The Morgan fingerprint density at radius 1 is 1.25 bits per heavy atom. The topological polar surface area (TPSA) is 96.5 Å². The summed E-state index contributed by atoms with van der Waals surface area (Å²) >= 11 is 2.81. The lowest BCUT2D eigenvalue weighted by Crippen LogP contribution is -2.14. The highest BCUT2D eigenvalue weighted by Gasteiger charge is 2.21. The smallest absolute Gasteiger partial charge is 0.235 e. The summed E-state index contributed by atoms with van der Waals surface area (Å²) in [4.78, 5) is 13.7. The Morgan fingerprint density at radius 2 is 2.07 bits per heavy atom. The van der Waals surface area contributed by atoms with Gasteiger partial charge in [-0.25, -0.2) is 0 Å². The van der Waals surface area contributed by atoms with Crippen LogP contribution in [-0.2, 0) is 17.6 Å². The van der Waals surface area contributed by atoms with Crippen LogP contribution < -0.4 is 5.32 Å². The molecule has 1 aliphatic carbocycles. The van der Waals surface area contributed by atoms with Gasteiger partial charge >= 0.3 is 0 Å². The second-order valence-electron chi connectivity index (χ2n) is 6.43. The predicted octanol–water partition coefficient (Wildman–Crippen LogP) is 3.60. The van der Waals surface area contributed by atoms with E-state index >= 15 is 0 Å². The number of thiophene rings is 1. The normalized spacial score (nSPS) is 13.4. The van der Waals surface area contributed by atoms with Crippen molar-refractivity contribution in [3.63, 3.8) is 0 Å². The average Bonchev–Trinajstić information content (AvgIpc) is 3.24. The van der Waals surface area contributed by atoms with Crippen LogP contribution in [0.15, 0.2) is 35.5 Å². The number of nitriles is 1. The number of hydrogen-bond acceptors (Lipinski definition) is 7. The minimum atomic E-state index is -0.166. The molecule has 7 nitrogen and oxygen atoms in total. The van der Waals surface area contributed by atoms with Gasteiger partial charge in [0.15, 0.2) is 0 Å². The van der Waals surface area contributed by atoms with Crippen molar-refractivity contribution in [1.29, 1.82) is 5.26 Å². The van der Waals surface area contributed by atoms with E-state index in [1.165, 1.54) is 23.1 Å². The van der Waals surface area contributed by atoms with Crippen molar-refractivity contribution < 1.29 is 4.79 Å². The molecule has 1 aliphatic rings. The number of thioether (sulfide) groups is 1. The Balaban J connectivity index is 1.44. The zero-order valence-electron chi connectivity index (χ0n) is 15.1. The molecule has 0 fully saturated rings. The molecule has 2 heterocycles. The van der Waals surface area contributed by atoms with Crippen LogP contribution >= 0.6 is 23.1 Å². The molecule has 142 valence electrons. The molecule has 0 saturated heterocycles. The summed E-state index contributed by atoms with van der Waals surface area (Å²) in [5, 5.41) is 25.4. The van der Waals surface area contributed by atoms with Gasteiger partial charge in [-0.1, -0.05) is 36.4 Å². The quantitative estimate of drug-likeness (QED) is 0.510. The number of nitrogens with zero attached hydrogens (tertiary/aromatic N) is 5. The van der Waals surface area contributed by atoms with E-state index in [0.717, 1.165) is 36.9 Å². The summed E-state index contributed by atoms with van der Waals surface area (Å²) in [6, 6.07) is 11.8. The monoisotopic (exact) mass is 410 g/mol. The van der Waals surface area contributed by atoms with Crippen LogP contribution in [0.4, 0.5) is 5.00 Å². The first-order chi connectivity index (χ1) is 13.8. The fraction of sp³-hybridized carbons (Fsp3) is 0.316. The Kier molecular flexibility index (Phi) is 5.69. The first-order valence-corrected chi connectivity index (χ1v) is 10.9. The zero-order valence-corrected chi connectivity index (χ0v) is 16.7. The fourth-order valence-electron chi connectivity index (χ4n) is 3.24. The third-order valence-electron chi connectivity index (χ3n) is 4.56. The third-order valence-corrected chi connectivity index (χ3v) is 6.69. The molecule has 0 bridgehead atoms. The SMILES string of the molecule is N#Cc1c(NC(=O)CSc2nnnn2-c2ccccc2)sc2c1CCCCC2. The maximum atomic E-state index is 12.5. The van der Waals surface area contributed by atoms with Crippen LogP contribution in [0, 0.1) is 11.3 Å². The number of aryl methyl sites for hydroxylation is 1. The van der Waals surface area contributed by atoms with Gasteiger partial charge in [0.05, 0.1) is 17.0 Å². The first-order valence-electron chi connectivity index (χ1n) is 9.07. The molecule has 0 radical (unpaired) electrons. The number of amides is 1. The third kappa shape index (κ3) is 3.93. The molecule has 0 aliphatic heterocycles. The van der Waals surface area contributed by atoms with E-state index in [-0.39, 0.29) is 11.7 Å². The molecule has 1 N–H and O–H groups in total. The number of anilines is 1. The summed E-state index contributed by atoms with van der Waals surface area (Å²) in [5.41, 5.74) is 2.60. The van der Waals surface area contributed by atoms with Gasteiger partial charge in [0.2, 0.25) is 11.1 Å². The number of fused-ring (bicyclic) bond motifs is 1. The van der Waals surface area contributed by atoms with Crippen molar-refractivity contribution in [1.82, 2.24) is 20.2 Å².